The van der Waals surface area contributed by atoms with Crippen LogP contribution in [0.25, 0.3) is 0 Å². The lowest BCUT2D eigenvalue weighted by molar-refractivity contribution is 0.0751. The van der Waals surface area contributed by atoms with Crippen molar-refractivity contribution in [2.24, 2.45) is 0 Å². The average Bonchev–Trinajstić information content (AvgIpc) is 3.34. The molecule has 2 saturated heterocycles. The number of nitrogens with zero attached hydrogens (tertiary/aromatic N) is 5. The van der Waals surface area contributed by atoms with Gasteiger partial charge < -0.3 is 14.7 Å². The molecule has 0 spiro atoms. The van der Waals surface area contributed by atoms with E-state index >= 15 is 0 Å². The number of aryl methyl sites for hydroxylation is 1. The van der Waals surface area contributed by atoms with Gasteiger partial charge in [0.2, 0.25) is 5.95 Å². The molecule has 0 unspecified atom stereocenters. The standard InChI is InChI=1S/C18H23N5OS/c1-14-13-16(21-6-2-3-7-21)20-18(19-14)23-10-8-22(9-11-23)17(24)15-5-4-12-25-15/h4-5,12-13H,2-3,6-11H2,1H3. The molecule has 2 fully saturated rings. The molecule has 0 saturated carbocycles. The van der Waals surface area contributed by atoms with E-state index < -0.39 is 0 Å². The Morgan fingerprint density at radius 3 is 2.48 bits per heavy atom. The average molecular weight is 357 g/mol. The Hall–Kier alpha value is -2.15. The zero-order chi connectivity index (χ0) is 17.2. The fraction of sp³-hybridized carbons (Fsp3) is 0.500. The topological polar surface area (TPSA) is 52.6 Å². The number of hydrogen-bond donors (Lipinski definition) is 0. The Labute approximate surface area is 152 Å². The highest BCUT2D eigenvalue weighted by atomic mass is 32.1. The van der Waals surface area contributed by atoms with Crippen molar-refractivity contribution in [3.8, 4) is 0 Å². The first-order chi connectivity index (χ1) is 12.2. The predicted octanol–water partition coefficient (Wildman–Crippen LogP) is 2.41. The summed E-state index contributed by atoms with van der Waals surface area (Å²) in [6.45, 7) is 7.18. The molecular formula is C18H23N5OS. The van der Waals surface area contributed by atoms with Gasteiger partial charge in [-0.2, -0.15) is 4.98 Å². The number of carbonyl (C=O) groups is 1. The van der Waals surface area contributed by atoms with Crippen molar-refractivity contribution in [3.63, 3.8) is 0 Å². The minimum absolute atomic E-state index is 0.137. The molecule has 2 aliphatic rings. The molecule has 132 valence electrons. The van der Waals surface area contributed by atoms with Crippen LogP contribution in [0.15, 0.2) is 23.6 Å². The van der Waals surface area contributed by atoms with E-state index in [1.165, 1.54) is 24.2 Å². The van der Waals surface area contributed by atoms with Gasteiger partial charge in [0.15, 0.2) is 0 Å². The molecule has 0 atom stereocenters. The Morgan fingerprint density at radius 1 is 1.04 bits per heavy atom. The molecule has 0 radical (unpaired) electrons. The van der Waals surface area contributed by atoms with Crippen LogP contribution < -0.4 is 9.80 Å². The van der Waals surface area contributed by atoms with Gasteiger partial charge in [-0.1, -0.05) is 6.07 Å². The van der Waals surface area contributed by atoms with Crippen LogP contribution in [-0.4, -0.2) is 60.0 Å². The van der Waals surface area contributed by atoms with Crippen LogP contribution in [0, 0.1) is 6.92 Å². The van der Waals surface area contributed by atoms with Crippen molar-refractivity contribution < 1.29 is 4.79 Å². The van der Waals surface area contributed by atoms with Crippen LogP contribution in [-0.2, 0) is 0 Å². The predicted molar refractivity (Wildman–Crippen MR) is 101 cm³/mol. The first-order valence-corrected chi connectivity index (χ1v) is 9.77. The highest BCUT2D eigenvalue weighted by Crippen LogP contribution is 2.22. The minimum atomic E-state index is 0.137. The molecular weight excluding hydrogens is 334 g/mol. The number of anilines is 2. The summed E-state index contributed by atoms with van der Waals surface area (Å²) in [6.07, 6.45) is 2.48. The monoisotopic (exact) mass is 357 g/mol. The lowest BCUT2D eigenvalue weighted by Crippen LogP contribution is -2.49. The van der Waals surface area contributed by atoms with Crippen LogP contribution >= 0.6 is 11.3 Å². The molecule has 25 heavy (non-hydrogen) atoms. The summed E-state index contributed by atoms with van der Waals surface area (Å²) in [5.41, 5.74) is 1.00. The van der Waals surface area contributed by atoms with Gasteiger partial charge in [0.1, 0.15) is 5.82 Å². The third-order valence-corrected chi connectivity index (χ3v) is 5.70. The SMILES string of the molecule is Cc1cc(N2CCCC2)nc(N2CCN(C(=O)c3cccs3)CC2)n1. The highest BCUT2D eigenvalue weighted by molar-refractivity contribution is 7.12. The highest BCUT2D eigenvalue weighted by Gasteiger charge is 2.25. The van der Waals surface area contributed by atoms with Gasteiger partial charge in [-0.05, 0) is 31.2 Å². The van der Waals surface area contributed by atoms with Crippen LogP contribution in [0.1, 0.15) is 28.2 Å². The van der Waals surface area contributed by atoms with Crippen LogP contribution in [0.5, 0.6) is 0 Å². The van der Waals surface area contributed by atoms with Gasteiger partial charge in [-0.15, -0.1) is 11.3 Å². The van der Waals surface area contributed by atoms with E-state index in [1.807, 2.05) is 29.3 Å². The molecule has 2 aliphatic heterocycles. The van der Waals surface area contributed by atoms with Gasteiger partial charge >= 0.3 is 0 Å². The number of hydrogen-bond acceptors (Lipinski definition) is 6. The third-order valence-electron chi connectivity index (χ3n) is 4.84. The summed E-state index contributed by atoms with van der Waals surface area (Å²) < 4.78 is 0. The summed E-state index contributed by atoms with van der Waals surface area (Å²) in [4.78, 5) is 29.2. The van der Waals surface area contributed by atoms with Crippen molar-refractivity contribution in [2.45, 2.75) is 19.8 Å². The van der Waals surface area contributed by atoms with E-state index in [9.17, 15) is 4.79 Å². The fourth-order valence-corrected chi connectivity index (χ4v) is 4.14. The molecule has 0 N–H and O–H groups in total. The summed E-state index contributed by atoms with van der Waals surface area (Å²) >= 11 is 1.50. The van der Waals surface area contributed by atoms with Gasteiger partial charge in [0.25, 0.3) is 5.91 Å². The lowest BCUT2D eigenvalue weighted by atomic mass is 10.3. The normalized spacial score (nSPS) is 18.0. The number of carbonyl (C=O) groups excluding carboxylic acids is 1. The van der Waals surface area contributed by atoms with Gasteiger partial charge in [0.05, 0.1) is 4.88 Å². The Bertz CT molecular complexity index is 734. The van der Waals surface area contributed by atoms with E-state index in [4.69, 9.17) is 4.98 Å². The largest absolute Gasteiger partial charge is 0.356 e. The molecule has 2 aromatic heterocycles. The molecule has 0 aromatic carbocycles. The first-order valence-electron chi connectivity index (χ1n) is 8.89. The Kier molecular flexibility index (Phi) is 4.57. The summed E-state index contributed by atoms with van der Waals surface area (Å²) in [7, 11) is 0. The summed E-state index contributed by atoms with van der Waals surface area (Å²) in [6, 6.07) is 5.89. The van der Waals surface area contributed by atoms with E-state index in [0.29, 0.717) is 13.1 Å². The molecule has 4 rings (SSSR count). The van der Waals surface area contributed by atoms with E-state index in [1.54, 1.807) is 0 Å². The van der Waals surface area contributed by atoms with Crippen LogP contribution in [0.2, 0.25) is 0 Å². The molecule has 0 bridgehead atoms. The first kappa shape index (κ1) is 16.3. The van der Waals surface area contributed by atoms with E-state index in [0.717, 1.165) is 48.5 Å². The second kappa shape index (κ2) is 7.00. The quantitative estimate of drug-likeness (QED) is 0.844. The second-order valence-corrected chi connectivity index (χ2v) is 7.57. The zero-order valence-corrected chi connectivity index (χ0v) is 15.3. The molecule has 6 nitrogen and oxygen atoms in total. The summed E-state index contributed by atoms with van der Waals surface area (Å²) in [5, 5.41) is 1.95. The second-order valence-electron chi connectivity index (χ2n) is 6.62. The van der Waals surface area contributed by atoms with Crippen molar-refractivity contribution in [1.82, 2.24) is 14.9 Å². The number of amides is 1. The maximum atomic E-state index is 12.5. The van der Waals surface area contributed by atoms with Gasteiger partial charge in [-0.3, -0.25) is 4.79 Å². The zero-order valence-electron chi connectivity index (χ0n) is 14.5. The molecule has 7 heteroatoms. The van der Waals surface area contributed by atoms with E-state index in [2.05, 4.69) is 20.9 Å². The van der Waals surface area contributed by atoms with Crippen molar-refractivity contribution >= 4 is 29.0 Å². The van der Waals surface area contributed by atoms with Crippen molar-refractivity contribution in [1.29, 1.82) is 0 Å². The lowest BCUT2D eigenvalue weighted by Gasteiger charge is -2.35. The van der Waals surface area contributed by atoms with E-state index in [-0.39, 0.29) is 5.91 Å². The fourth-order valence-electron chi connectivity index (χ4n) is 3.45. The number of rotatable bonds is 3. The summed E-state index contributed by atoms with van der Waals surface area (Å²) in [5.74, 6) is 1.97. The molecule has 1 amide bonds. The molecule has 4 heterocycles. The Morgan fingerprint density at radius 2 is 1.80 bits per heavy atom. The van der Waals surface area contributed by atoms with Gasteiger partial charge in [-0.25, -0.2) is 4.98 Å². The molecule has 2 aromatic rings. The minimum Gasteiger partial charge on any atom is -0.356 e. The number of thiophene rings is 1. The van der Waals surface area contributed by atoms with Crippen LogP contribution in [0.4, 0.5) is 11.8 Å². The number of aromatic nitrogens is 2. The smallest absolute Gasteiger partial charge is 0.264 e. The maximum Gasteiger partial charge on any atom is 0.264 e. The molecule has 0 aliphatic carbocycles. The Balaban J connectivity index is 1.44. The maximum absolute atomic E-state index is 12.5. The van der Waals surface area contributed by atoms with Gasteiger partial charge in [0, 0.05) is 51.0 Å². The van der Waals surface area contributed by atoms with Crippen molar-refractivity contribution in [3.05, 3.63) is 34.2 Å². The van der Waals surface area contributed by atoms with Crippen molar-refractivity contribution in [2.75, 3.05) is 49.1 Å². The number of piperazine rings is 1. The third kappa shape index (κ3) is 3.46. The van der Waals surface area contributed by atoms with Crippen LogP contribution in [0.3, 0.4) is 0 Å².